The first-order chi connectivity index (χ1) is 12.4. The number of aliphatic carboxylic acids is 1. The number of hydrogen-bond acceptors (Lipinski definition) is 5. The van der Waals surface area contributed by atoms with Gasteiger partial charge in [-0.1, -0.05) is 61.9 Å². The summed E-state index contributed by atoms with van der Waals surface area (Å²) in [6.07, 6.45) is 1.81. The van der Waals surface area contributed by atoms with E-state index in [4.69, 9.17) is 12.2 Å². The molecule has 0 unspecified atom stereocenters. The molecule has 1 atom stereocenters. The third kappa shape index (κ3) is 2.93. The summed E-state index contributed by atoms with van der Waals surface area (Å²) in [6.45, 7) is 1.95. The van der Waals surface area contributed by atoms with Crippen LogP contribution in [-0.2, 0) is 14.4 Å². The summed E-state index contributed by atoms with van der Waals surface area (Å²) < 4.78 is 0.181. The SMILES string of the molecule is CCCC[C@H](C(=O)O)N1C(=O)/C(=C2/C(=O)N(C)c3ccccc32)SC1=S. The molecule has 0 aliphatic carbocycles. The van der Waals surface area contributed by atoms with Crippen LogP contribution in [0.1, 0.15) is 31.7 Å². The van der Waals surface area contributed by atoms with Crippen LogP contribution in [0.4, 0.5) is 5.69 Å². The van der Waals surface area contributed by atoms with Crippen LogP contribution >= 0.6 is 24.0 Å². The number of unbranched alkanes of at least 4 members (excludes halogenated alkanes) is 1. The summed E-state index contributed by atoms with van der Waals surface area (Å²) >= 11 is 6.29. The Morgan fingerprint density at radius 1 is 1.27 bits per heavy atom. The number of thioether (sulfide) groups is 1. The van der Waals surface area contributed by atoms with Gasteiger partial charge in [-0.25, -0.2) is 4.79 Å². The first-order valence-corrected chi connectivity index (χ1v) is 9.50. The van der Waals surface area contributed by atoms with Crippen molar-refractivity contribution in [3.8, 4) is 0 Å². The van der Waals surface area contributed by atoms with Crippen LogP contribution in [-0.4, -0.2) is 45.2 Å². The quantitative estimate of drug-likeness (QED) is 0.615. The Hall–Kier alpha value is -2.19. The smallest absolute Gasteiger partial charge is 0.326 e. The third-order valence-corrected chi connectivity index (χ3v) is 5.91. The number of carboxylic acid groups (broad SMARTS) is 1. The van der Waals surface area contributed by atoms with Gasteiger partial charge in [-0.15, -0.1) is 0 Å². The summed E-state index contributed by atoms with van der Waals surface area (Å²) in [5.74, 6) is -1.87. The maximum atomic E-state index is 13.0. The van der Waals surface area contributed by atoms with Crippen molar-refractivity contribution in [3.05, 3.63) is 34.7 Å². The molecular formula is C18H18N2O4S2. The Bertz CT molecular complexity index is 849. The zero-order valence-electron chi connectivity index (χ0n) is 14.4. The number of carbonyl (C=O) groups is 3. The van der Waals surface area contributed by atoms with Crippen LogP contribution in [0.5, 0.6) is 0 Å². The molecular weight excluding hydrogens is 372 g/mol. The molecule has 8 heteroatoms. The molecule has 136 valence electrons. The second kappa shape index (κ2) is 7.20. The van der Waals surface area contributed by atoms with Crippen LogP contribution in [0.15, 0.2) is 29.2 Å². The number of carbonyl (C=O) groups excluding carboxylic acids is 2. The monoisotopic (exact) mass is 390 g/mol. The number of para-hydroxylation sites is 1. The lowest BCUT2D eigenvalue weighted by molar-refractivity contribution is -0.145. The molecule has 2 amide bonds. The predicted octanol–water partition coefficient (Wildman–Crippen LogP) is 2.88. The van der Waals surface area contributed by atoms with Gasteiger partial charge in [0.25, 0.3) is 11.8 Å². The minimum Gasteiger partial charge on any atom is -0.480 e. The third-order valence-electron chi connectivity index (χ3n) is 4.51. The van der Waals surface area contributed by atoms with E-state index in [9.17, 15) is 19.5 Å². The second-order valence-electron chi connectivity index (χ2n) is 6.12. The second-order valence-corrected chi connectivity index (χ2v) is 7.77. The van der Waals surface area contributed by atoms with Crippen molar-refractivity contribution in [1.82, 2.24) is 4.90 Å². The number of amides is 2. The van der Waals surface area contributed by atoms with E-state index in [2.05, 4.69) is 0 Å². The molecule has 2 aliphatic rings. The maximum Gasteiger partial charge on any atom is 0.326 e. The number of anilines is 1. The number of carboxylic acids is 1. The van der Waals surface area contributed by atoms with E-state index >= 15 is 0 Å². The lowest BCUT2D eigenvalue weighted by Crippen LogP contribution is -2.44. The zero-order valence-corrected chi connectivity index (χ0v) is 16.0. The molecule has 1 saturated heterocycles. The molecule has 2 heterocycles. The van der Waals surface area contributed by atoms with E-state index in [0.717, 1.165) is 28.8 Å². The van der Waals surface area contributed by atoms with Crippen molar-refractivity contribution < 1.29 is 19.5 Å². The predicted molar refractivity (Wildman–Crippen MR) is 105 cm³/mol. The van der Waals surface area contributed by atoms with Crippen LogP contribution in [0, 0.1) is 0 Å². The Labute approximate surface area is 160 Å². The number of thiocarbonyl (C=S) groups is 1. The normalized spacial score (nSPS) is 20.8. The fourth-order valence-corrected chi connectivity index (χ4v) is 4.58. The van der Waals surface area contributed by atoms with Gasteiger partial charge >= 0.3 is 5.97 Å². The van der Waals surface area contributed by atoms with E-state index in [1.807, 2.05) is 19.1 Å². The van der Waals surface area contributed by atoms with Gasteiger partial charge < -0.3 is 10.0 Å². The first-order valence-electron chi connectivity index (χ1n) is 8.28. The van der Waals surface area contributed by atoms with Gasteiger partial charge in [-0.3, -0.25) is 14.5 Å². The van der Waals surface area contributed by atoms with E-state index in [0.29, 0.717) is 24.0 Å². The standard InChI is InChI=1S/C18H18N2O4S2/c1-3-4-8-12(17(23)24)20-16(22)14(26-18(20)25)13-10-7-5-6-9-11(10)19(2)15(13)21/h5-7,9,12H,3-4,8H2,1-2H3,(H,23,24)/b14-13-/t12-/m1/s1. The Balaban J connectivity index is 2.05. The summed E-state index contributed by atoms with van der Waals surface area (Å²) in [7, 11) is 1.65. The molecule has 0 bridgehead atoms. The van der Waals surface area contributed by atoms with Crippen molar-refractivity contribution in [1.29, 1.82) is 0 Å². The van der Waals surface area contributed by atoms with Gasteiger partial charge in [-0.05, 0) is 12.5 Å². The molecule has 1 aromatic carbocycles. The van der Waals surface area contributed by atoms with Gasteiger partial charge in [0.15, 0.2) is 0 Å². The lowest BCUT2D eigenvalue weighted by atomic mass is 10.1. The minimum absolute atomic E-state index is 0.181. The molecule has 0 aromatic heterocycles. The molecule has 1 N–H and O–H groups in total. The van der Waals surface area contributed by atoms with E-state index < -0.39 is 17.9 Å². The Morgan fingerprint density at radius 2 is 1.96 bits per heavy atom. The van der Waals surface area contributed by atoms with E-state index in [1.54, 1.807) is 19.2 Å². The van der Waals surface area contributed by atoms with Crippen molar-refractivity contribution in [3.63, 3.8) is 0 Å². The average Bonchev–Trinajstić information content (AvgIpc) is 3.03. The first kappa shape index (κ1) is 18.6. The van der Waals surface area contributed by atoms with Crippen LogP contribution in [0.3, 0.4) is 0 Å². The van der Waals surface area contributed by atoms with Crippen molar-refractivity contribution >= 4 is 57.3 Å². The van der Waals surface area contributed by atoms with E-state index in [1.165, 1.54) is 4.90 Å². The van der Waals surface area contributed by atoms with Gasteiger partial charge in [-0.2, -0.15) is 0 Å². The van der Waals surface area contributed by atoms with Crippen molar-refractivity contribution in [2.24, 2.45) is 0 Å². The van der Waals surface area contributed by atoms with Crippen LogP contribution in [0.25, 0.3) is 5.57 Å². The average molecular weight is 390 g/mol. The van der Waals surface area contributed by atoms with Crippen LogP contribution in [0.2, 0.25) is 0 Å². The molecule has 6 nitrogen and oxygen atoms in total. The fourth-order valence-electron chi connectivity index (χ4n) is 3.15. The lowest BCUT2D eigenvalue weighted by Gasteiger charge is -2.22. The molecule has 3 rings (SSSR count). The topological polar surface area (TPSA) is 77.9 Å². The maximum absolute atomic E-state index is 13.0. The number of hydrogen-bond donors (Lipinski definition) is 1. The van der Waals surface area contributed by atoms with Crippen molar-refractivity contribution in [2.45, 2.75) is 32.2 Å². The number of fused-ring (bicyclic) bond motifs is 1. The number of likely N-dealkylation sites (N-methyl/N-ethyl adjacent to an activating group) is 1. The molecule has 0 radical (unpaired) electrons. The molecule has 2 aliphatic heterocycles. The Kier molecular flexibility index (Phi) is 5.15. The highest BCUT2D eigenvalue weighted by Gasteiger charge is 2.44. The molecule has 0 saturated carbocycles. The molecule has 1 fully saturated rings. The number of rotatable bonds is 5. The minimum atomic E-state index is -1.09. The summed E-state index contributed by atoms with van der Waals surface area (Å²) in [5.41, 5.74) is 1.68. The zero-order chi connectivity index (χ0) is 19.0. The number of nitrogens with zero attached hydrogens (tertiary/aromatic N) is 2. The van der Waals surface area contributed by atoms with Gasteiger partial charge in [0.05, 0.1) is 16.2 Å². The van der Waals surface area contributed by atoms with Gasteiger partial charge in [0, 0.05) is 12.6 Å². The highest BCUT2D eigenvalue weighted by atomic mass is 32.2. The highest BCUT2D eigenvalue weighted by molar-refractivity contribution is 8.26. The highest BCUT2D eigenvalue weighted by Crippen LogP contribution is 2.44. The van der Waals surface area contributed by atoms with E-state index in [-0.39, 0.29) is 15.1 Å². The van der Waals surface area contributed by atoms with Crippen molar-refractivity contribution in [2.75, 3.05) is 11.9 Å². The number of benzene rings is 1. The largest absolute Gasteiger partial charge is 0.480 e. The summed E-state index contributed by atoms with van der Waals surface area (Å²) in [5, 5.41) is 9.55. The van der Waals surface area contributed by atoms with Gasteiger partial charge in [0.1, 0.15) is 10.4 Å². The molecule has 0 spiro atoms. The summed E-state index contributed by atoms with van der Waals surface area (Å²) in [6, 6.07) is 6.20. The molecule has 1 aromatic rings. The molecule has 26 heavy (non-hydrogen) atoms. The Morgan fingerprint density at radius 3 is 2.62 bits per heavy atom. The fraction of sp³-hybridized carbons (Fsp3) is 0.333. The van der Waals surface area contributed by atoms with Gasteiger partial charge in [0.2, 0.25) is 0 Å². The van der Waals surface area contributed by atoms with Crippen LogP contribution < -0.4 is 4.90 Å². The summed E-state index contributed by atoms with van der Waals surface area (Å²) in [4.78, 5) is 40.2.